The van der Waals surface area contributed by atoms with Crippen molar-refractivity contribution in [1.29, 1.82) is 0 Å². The molecule has 5 heteroatoms. The maximum absolute atomic E-state index is 12.8. The molecule has 0 aromatic heterocycles. The predicted molar refractivity (Wildman–Crippen MR) is 82.7 cm³/mol. The average molecular weight is 298 g/mol. The van der Waals surface area contributed by atoms with Crippen molar-refractivity contribution in [2.75, 3.05) is 6.26 Å². The van der Waals surface area contributed by atoms with E-state index in [0.29, 0.717) is 11.7 Å². The molecule has 1 aliphatic heterocycles. The van der Waals surface area contributed by atoms with E-state index in [1.165, 1.54) is 0 Å². The third kappa shape index (κ3) is 2.83. The molecule has 0 radical (unpaired) electrons. The molecule has 2 fully saturated rings. The van der Waals surface area contributed by atoms with Crippen molar-refractivity contribution >= 4 is 23.6 Å². The Labute approximate surface area is 126 Å². The number of amides is 2. The minimum atomic E-state index is -0.307. The second-order valence-electron chi connectivity index (χ2n) is 5.79. The van der Waals surface area contributed by atoms with E-state index in [1.807, 2.05) is 23.6 Å². The van der Waals surface area contributed by atoms with Crippen LogP contribution in [0.2, 0.25) is 0 Å². The number of nitrogens with one attached hydrogen (secondary N) is 1. The van der Waals surface area contributed by atoms with E-state index in [2.05, 4.69) is 18.5 Å². The van der Waals surface area contributed by atoms with Gasteiger partial charge >= 0.3 is 0 Å². The Morgan fingerprint density at radius 3 is 2.65 bits per heavy atom. The molecule has 2 rings (SSSR count). The summed E-state index contributed by atoms with van der Waals surface area (Å²) in [6.45, 7) is 4.05. The normalized spacial score (nSPS) is 34.5. The van der Waals surface area contributed by atoms with Crippen molar-refractivity contribution in [2.24, 2.45) is 0 Å². The van der Waals surface area contributed by atoms with Crippen LogP contribution in [0.25, 0.3) is 0 Å². The van der Waals surface area contributed by atoms with E-state index in [1.54, 1.807) is 0 Å². The van der Waals surface area contributed by atoms with Crippen molar-refractivity contribution < 1.29 is 9.59 Å². The molecule has 20 heavy (non-hydrogen) atoms. The van der Waals surface area contributed by atoms with Crippen molar-refractivity contribution in [2.45, 2.75) is 75.7 Å². The molecule has 114 valence electrons. The highest BCUT2D eigenvalue weighted by Gasteiger charge is 2.45. The summed E-state index contributed by atoms with van der Waals surface area (Å²) in [5.41, 5.74) is 0. The molecule has 0 aromatic rings. The van der Waals surface area contributed by atoms with Crippen molar-refractivity contribution in [3.05, 3.63) is 0 Å². The standard InChI is InChI=1S/C15H26N2O2S/c1-4-7-10-15(19)17(11(5-2)14(18)16-10)12-8-6-9-13(12)20-3/h10-13H,4-9H2,1-3H3,(H,16,18). The molecule has 2 amide bonds. The quantitative estimate of drug-likeness (QED) is 0.846. The summed E-state index contributed by atoms with van der Waals surface area (Å²) >= 11 is 1.84. The molecule has 1 aliphatic carbocycles. The van der Waals surface area contributed by atoms with Gasteiger partial charge in [-0.1, -0.05) is 26.7 Å². The molecule has 4 atom stereocenters. The molecule has 1 heterocycles. The smallest absolute Gasteiger partial charge is 0.246 e. The fourth-order valence-corrected chi connectivity index (χ4v) is 4.53. The van der Waals surface area contributed by atoms with Gasteiger partial charge in [0.15, 0.2) is 0 Å². The third-order valence-electron chi connectivity index (χ3n) is 4.55. The lowest BCUT2D eigenvalue weighted by Crippen LogP contribution is -2.66. The fourth-order valence-electron chi connectivity index (χ4n) is 3.55. The Kier molecular flexibility index (Phi) is 5.35. The van der Waals surface area contributed by atoms with Gasteiger partial charge in [0.1, 0.15) is 12.1 Å². The van der Waals surface area contributed by atoms with Crippen molar-refractivity contribution in [3.8, 4) is 0 Å². The summed E-state index contributed by atoms with van der Waals surface area (Å²) in [7, 11) is 0. The molecule has 2 aliphatic rings. The Morgan fingerprint density at radius 2 is 2.05 bits per heavy atom. The first-order valence-corrected chi connectivity index (χ1v) is 9.08. The number of nitrogens with zero attached hydrogens (tertiary/aromatic N) is 1. The van der Waals surface area contributed by atoms with Gasteiger partial charge in [0.05, 0.1) is 0 Å². The summed E-state index contributed by atoms with van der Waals surface area (Å²) in [4.78, 5) is 27.0. The van der Waals surface area contributed by atoms with Gasteiger partial charge in [-0.25, -0.2) is 0 Å². The van der Waals surface area contributed by atoms with Crippen molar-refractivity contribution in [1.82, 2.24) is 10.2 Å². The van der Waals surface area contributed by atoms with Crippen LogP contribution in [0.5, 0.6) is 0 Å². The monoisotopic (exact) mass is 298 g/mol. The summed E-state index contributed by atoms with van der Waals surface area (Å²) < 4.78 is 0. The number of carbonyl (C=O) groups is 2. The Hall–Kier alpha value is -0.710. The molecule has 1 N–H and O–H groups in total. The van der Waals surface area contributed by atoms with Gasteiger partial charge in [0.25, 0.3) is 0 Å². The Morgan fingerprint density at radius 1 is 1.30 bits per heavy atom. The molecular formula is C15H26N2O2S. The minimum absolute atomic E-state index is 0.0392. The average Bonchev–Trinajstić information content (AvgIpc) is 2.90. The first-order valence-electron chi connectivity index (χ1n) is 7.79. The summed E-state index contributed by atoms with van der Waals surface area (Å²) in [6, 6.07) is -0.334. The molecule has 0 aromatic carbocycles. The number of thioether (sulfide) groups is 1. The molecule has 0 spiro atoms. The second-order valence-corrected chi connectivity index (χ2v) is 6.87. The van der Waals surface area contributed by atoms with Crippen LogP contribution in [0.3, 0.4) is 0 Å². The van der Waals surface area contributed by atoms with Crippen LogP contribution >= 0.6 is 11.8 Å². The van der Waals surface area contributed by atoms with E-state index in [9.17, 15) is 9.59 Å². The largest absolute Gasteiger partial charge is 0.343 e. The van der Waals surface area contributed by atoms with Crippen LogP contribution in [0.15, 0.2) is 0 Å². The van der Waals surface area contributed by atoms with Gasteiger partial charge < -0.3 is 10.2 Å². The summed E-state index contributed by atoms with van der Waals surface area (Å²) in [6.07, 6.45) is 7.84. The van der Waals surface area contributed by atoms with Crippen LogP contribution in [-0.4, -0.2) is 46.3 Å². The Balaban J connectivity index is 2.24. The predicted octanol–water partition coefficient (Wildman–Crippen LogP) is 2.18. The molecule has 4 nitrogen and oxygen atoms in total. The lowest BCUT2D eigenvalue weighted by atomic mass is 9.98. The number of carbonyl (C=O) groups excluding carboxylic acids is 2. The summed E-state index contributed by atoms with van der Waals surface area (Å²) in [5, 5.41) is 3.40. The van der Waals surface area contributed by atoms with E-state index >= 15 is 0 Å². The van der Waals surface area contributed by atoms with Crippen LogP contribution in [0.1, 0.15) is 52.4 Å². The second kappa shape index (κ2) is 6.83. The lowest BCUT2D eigenvalue weighted by Gasteiger charge is -2.43. The highest BCUT2D eigenvalue weighted by molar-refractivity contribution is 7.99. The zero-order valence-corrected chi connectivity index (χ0v) is 13.5. The zero-order valence-electron chi connectivity index (χ0n) is 12.7. The molecule has 1 saturated carbocycles. The van der Waals surface area contributed by atoms with Gasteiger partial charge in [-0.05, 0) is 31.9 Å². The minimum Gasteiger partial charge on any atom is -0.343 e. The van der Waals surface area contributed by atoms with Gasteiger partial charge in [-0.3, -0.25) is 9.59 Å². The van der Waals surface area contributed by atoms with Gasteiger partial charge in [0, 0.05) is 11.3 Å². The van der Waals surface area contributed by atoms with E-state index in [4.69, 9.17) is 0 Å². The maximum atomic E-state index is 12.8. The topological polar surface area (TPSA) is 49.4 Å². The van der Waals surface area contributed by atoms with Crippen LogP contribution in [-0.2, 0) is 9.59 Å². The van der Waals surface area contributed by atoms with E-state index in [-0.39, 0.29) is 29.9 Å². The molecular weight excluding hydrogens is 272 g/mol. The van der Waals surface area contributed by atoms with Crippen LogP contribution < -0.4 is 5.32 Å². The number of rotatable bonds is 5. The first-order chi connectivity index (χ1) is 9.63. The Bertz CT molecular complexity index is 375. The highest BCUT2D eigenvalue weighted by Crippen LogP contribution is 2.35. The number of hydrogen-bond donors (Lipinski definition) is 1. The number of hydrogen-bond acceptors (Lipinski definition) is 3. The molecule has 4 unspecified atom stereocenters. The van der Waals surface area contributed by atoms with Gasteiger partial charge in [0.2, 0.25) is 11.8 Å². The maximum Gasteiger partial charge on any atom is 0.246 e. The van der Waals surface area contributed by atoms with E-state index in [0.717, 1.165) is 32.1 Å². The first kappa shape index (κ1) is 15.7. The lowest BCUT2D eigenvalue weighted by molar-refractivity contribution is -0.152. The van der Waals surface area contributed by atoms with E-state index < -0.39 is 0 Å². The molecule has 1 saturated heterocycles. The van der Waals surface area contributed by atoms with Gasteiger partial charge in [-0.2, -0.15) is 11.8 Å². The SMILES string of the molecule is CCCC1NC(=O)C(CC)N(C2CCCC2SC)C1=O. The van der Waals surface area contributed by atoms with Crippen LogP contribution in [0, 0.1) is 0 Å². The fraction of sp³-hybridized carbons (Fsp3) is 0.867. The zero-order chi connectivity index (χ0) is 14.7. The van der Waals surface area contributed by atoms with Gasteiger partial charge in [-0.15, -0.1) is 0 Å². The highest BCUT2D eigenvalue weighted by atomic mass is 32.2. The molecule has 0 bridgehead atoms. The van der Waals surface area contributed by atoms with Crippen LogP contribution in [0.4, 0.5) is 0 Å². The third-order valence-corrected chi connectivity index (χ3v) is 5.70. The summed E-state index contributed by atoms with van der Waals surface area (Å²) in [5.74, 6) is 0.182. The van der Waals surface area contributed by atoms with Crippen molar-refractivity contribution in [3.63, 3.8) is 0 Å². The number of piperazine rings is 1.